The minimum absolute atomic E-state index is 0.523. The van der Waals surface area contributed by atoms with Gasteiger partial charge >= 0.3 is 0 Å². The number of benzene rings is 1. The number of hydrogen-bond donors (Lipinski definition) is 0. The molecule has 7 heteroatoms. The van der Waals surface area contributed by atoms with Crippen molar-refractivity contribution < 1.29 is 0 Å². The van der Waals surface area contributed by atoms with Crippen LogP contribution in [0.5, 0.6) is 0 Å². The molecule has 4 aromatic rings. The van der Waals surface area contributed by atoms with Gasteiger partial charge in [0.15, 0.2) is 0 Å². The molecule has 5 nitrogen and oxygen atoms in total. The van der Waals surface area contributed by atoms with E-state index < -0.39 is 0 Å². The molecular formula is C19H14ClN5S. The third kappa shape index (κ3) is 3.19. The van der Waals surface area contributed by atoms with E-state index in [1.165, 1.54) is 11.3 Å². The maximum Gasteiger partial charge on any atom is 0.118 e. The van der Waals surface area contributed by atoms with E-state index in [1.54, 1.807) is 18.5 Å². The van der Waals surface area contributed by atoms with Crippen molar-refractivity contribution in [1.29, 1.82) is 5.26 Å². The quantitative estimate of drug-likeness (QED) is 0.528. The van der Waals surface area contributed by atoms with Gasteiger partial charge in [-0.3, -0.25) is 4.98 Å². The number of pyridine rings is 1. The Hall–Kier alpha value is -2.75. The van der Waals surface area contributed by atoms with Crippen LogP contribution < -0.4 is 0 Å². The summed E-state index contributed by atoms with van der Waals surface area (Å²) in [5.74, 6) is 0.906. The van der Waals surface area contributed by atoms with Gasteiger partial charge in [0.1, 0.15) is 10.2 Å². The molecule has 0 spiro atoms. The average molecular weight is 380 g/mol. The van der Waals surface area contributed by atoms with Gasteiger partial charge < -0.3 is 4.57 Å². The molecule has 0 aliphatic rings. The van der Waals surface area contributed by atoms with E-state index in [0.717, 1.165) is 33.1 Å². The molecular weight excluding hydrogens is 366 g/mol. The van der Waals surface area contributed by atoms with Crippen LogP contribution in [-0.2, 0) is 13.0 Å². The zero-order chi connectivity index (χ0) is 18.1. The molecule has 3 aromatic heterocycles. The Balaban J connectivity index is 1.84. The summed E-state index contributed by atoms with van der Waals surface area (Å²) in [7, 11) is 0. The van der Waals surface area contributed by atoms with E-state index >= 15 is 0 Å². The number of thiazole rings is 1. The van der Waals surface area contributed by atoms with Crippen molar-refractivity contribution in [3.05, 3.63) is 74.7 Å². The second kappa shape index (κ2) is 6.87. The zero-order valence-electron chi connectivity index (χ0n) is 14.0. The number of aromatic nitrogens is 4. The van der Waals surface area contributed by atoms with Crippen LogP contribution in [0.4, 0.5) is 0 Å². The van der Waals surface area contributed by atoms with Crippen molar-refractivity contribution in [3.63, 3.8) is 0 Å². The monoisotopic (exact) mass is 379 g/mol. The first kappa shape index (κ1) is 16.7. The first-order chi connectivity index (χ1) is 12.6. The summed E-state index contributed by atoms with van der Waals surface area (Å²) >= 11 is 7.82. The number of fused-ring (bicyclic) bond motifs is 1. The van der Waals surface area contributed by atoms with E-state index in [1.807, 2.05) is 31.2 Å². The van der Waals surface area contributed by atoms with Crippen LogP contribution in [0, 0.1) is 18.3 Å². The van der Waals surface area contributed by atoms with Crippen molar-refractivity contribution in [2.75, 3.05) is 0 Å². The van der Waals surface area contributed by atoms with Crippen LogP contribution in [0.1, 0.15) is 27.7 Å². The predicted molar refractivity (Wildman–Crippen MR) is 102 cm³/mol. The normalized spacial score (nSPS) is 11.0. The smallest absolute Gasteiger partial charge is 0.118 e. The second-order valence-electron chi connectivity index (χ2n) is 5.91. The summed E-state index contributed by atoms with van der Waals surface area (Å²) < 4.78 is 2.78. The lowest BCUT2D eigenvalue weighted by molar-refractivity contribution is 0.747. The van der Waals surface area contributed by atoms with Crippen molar-refractivity contribution in [2.24, 2.45) is 0 Å². The molecule has 0 aliphatic heterocycles. The van der Waals surface area contributed by atoms with Crippen LogP contribution in [0.2, 0.25) is 4.34 Å². The minimum atomic E-state index is 0.523. The number of hydrogen-bond acceptors (Lipinski definition) is 5. The van der Waals surface area contributed by atoms with Gasteiger partial charge in [-0.2, -0.15) is 5.26 Å². The highest BCUT2D eigenvalue weighted by Gasteiger charge is 2.16. The molecule has 1 aromatic carbocycles. The van der Waals surface area contributed by atoms with Crippen molar-refractivity contribution in [1.82, 2.24) is 19.5 Å². The fourth-order valence-corrected chi connectivity index (χ4v) is 4.01. The second-order valence-corrected chi connectivity index (χ2v) is 7.72. The summed E-state index contributed by atoms with van der Waals surface area (Å²) in [5, 5.41) is 10.2. The Kier molecular flexibility index (Phi) is 4.41. The molecule has 0 atom stereocenters. The summed E-state index contributed by atoms with van der Waals surface area (Å²) in [6.07, 6.45) is 4.22. The molecule has 0 bridgehead atoms. The van der Waals surface area contributed by atoms with Crippen molar-refractivity contribution >= 4 is 34.0 Å². The first-order valence-electron chi connectivity index (χ1n) is 8.04. The van der Waals surface area contributed by atoms with E-state index in [4.69, 9.17) is 16.6 Å². The molecule has 0 radical (unpaired) electrons. The highest BCUT2D eigenvalue weighted by molar-refractivity contribution is 7.15. The number of nitriles is 1. The lowest BCUT2D eigenvalue weighted by Crippen LogP contribution is -2.07. The highest BCUT2D eigenvalue weighted by atomic mass is 35.5. The summed E-state index contributed by atoms with van der Waals surface area (Å²) in [6.45, 7) is 2.46. The van der Waals surface area contributed by atoms with E-state index in [2.05, 4.69) is 20.6 Å². The van der Waals surface area contributed by atoms with Gasteiger partial charge in [0.2, 0.25) is 0 Å². The zero-order valence-corrected chi connectivity index (χ0v) is 15.6. The molecule has 3 heterocycles. The first-order valence-corrected chi connectivity index (χ1v) is 9.23. The van der Waals surface area contributed by atoms with Crippen LogP contribution in [-0.4, -0.2) is 19.5 Å². The Morgan fingerprint density at radius 1 is 1.19 bits per heavy atom. The minimum Gasteiger partial charge on any atom is -0.321 e. The van der Waals surface area contributed by atoms with Gasteiger partial charge in [0.25, 0.3) is 0 Å². The Bertz CT molecular complexity index is 1120. The lowest BCUT2D eigenvalue weighted by Gasteiger charge is -2.08. The van der Waals surface area contributed by atoms with E-state index in [9.17, 15) is 5.26 Å². The average Bonchev–Trinajstić information content (AvgIpc) is 3.15. The van der Waals surface area contributed by atoms with Gasteiger partial charge in [-0.15, -0.1) is 11.3 Å². The summed E-state index contributed by atoms with van der Waals surface area (Å²) in [4.78, 5) is 13.4. The lowest BCUT2D eigenvalue weighted by atomic mass is 10.2. The molecule has 0 fully saturated rings. The molecule has 128 valence electrons. The Labute approximate surface area is 159 Å². The van der Waals surface area contributed by atoms with Crippen molar-refractivity contribution in [3.8, 4) is 6.07 Å². The third-order valence-corrected chi connectivity index (χ3v) is 5.38. The Morgan fingerprint density at radius 2 is 2.00 bits per heavy atom. The van der Waals surface area contributed by atoms with Gasteiger partial charge in [0.05, 0.1) is 39.9 Å². The van der Waals surface area contributed by atoms with Crippen LogP contribution in [0.3, 0.4) is 0 Å². The predicted octanol–water partition coefficient (Wildman–Crippen LogP) is 4.36. The molecule has 0 saturated heterocycles. The molecule has 0 aliphatic carbocycles. The van der Waals surface area contributed by atoms with Gasteiger partial charge in [-0.25, -0.2) is 9.97 Å². The SMILES string of the molecule is Cc1nc(Cn2c(Cc3ccncc3)nc3ccc(C#N)cc32)c(Cl)s1. The molecule has 0 amide bonds. The number of aryl methyl sites for hydroxylation is 1. The number of halogens is 1. The topological polar surface area (TPSA) is 67.4 Å². The molecule has 0 saturated carbocycles. The maximum atomic E-state index is 9.25. The molecule has 4 rings (SSSR count). The highest BCUT2D eigenvalue weighted by Crippen LogP contribution is 2.27. The fourth-order valence-electron chi connectivity index (χ4n) is 2.93. The van der Waals surface area contributed by atoms with Gasteiger partial charge in [-0.1, -0.05) is 11.6 Å². The van der Waals surface area contributed by atoms with Crippen LogP contribution >= 0.6 is 22.9 Å². The Morgan fingerprint density at radius 3 is 2.69 bits per heavy atom. The van der Waals surface area contributed by atoms with E-state index in [0.29, 0.717) is 22.9 Å². The third-order valence-electron chi connectivity index (χ3n) is 4.13. The van der Waals surface area contributed by atoms with Crippen LogP contribution in [0.25, 0.3) is 11.0 Å². The number of imidazole rings is 1. The summed E-state index contributed by atoms with van der Waals surface area (Å²) in [6, 6.07) is 11.7. The summed E-state index contributed by atoms with van der Waals surface area (Å²) in [5.41, 5.74) is 4.32. The van der Waals surface area contributed by atoms with Crippen LogP contribution in [0.15, 0.2) is 42.7 Å². The van der Waals surface area contributed by atoms with Gasteiger partial charge in [0, 0.05) is 18.8 Å². The molecule has 0 unspecified atom stereocenters. The number of nitrogens with zero attached hydrogens (tertiary/aromatic N) is 5. The maximum absolute atomic E-state index is 9.25. The largest absolute Gasteiger partial charge is 0.321 e. The molecule has 0 N–H and O–H groups in total. The van der Waals surface area contributed by atoms with Gasteiger partial charge in [-0.05, 0) is 42.8 Å². The number of rotatable bonds is 4. The van der Waals surface area contributed by atoms with Crippen molar-refractivity contribution in [2.45, 2.75) is 19.9 Å². The van der Waals surface area contributed by atoms with E-state index in [-0.39, 0.29) is 0 Å². The fraction of sp³-hybridized carbons (Fsp3) is 0.158. The molecule has 26 heavy (non-hydrogen) atoms. The standard InChI is InChI=1S/C19H14ClN5S/c1-12-23-16(19(20)26-12)11-25-17-8-14(10-21)2-3-15(17)24-18(25)9-13-4-6-22-7-5-13/h2-8H,9,11H2,1H3.